The minimum absolute atomic E-state index is 0.0782. The Labute approximate surface area is 106 Å². The number of alkyl halides is 3. The molecular weight excluding hydrogens is 267 g/mol. The SMILES string of the molecule is CN(C)c1nc(Cl)nc2cc(C(F)(F)F)ccc12. The summed E-state index contributed by atoms with van der Waals surface area (Å²) in [6, 6.07) is 3.33. The molecule has 0 spiro atoms. The van der Waals surface area contributed by atoms with E-state index in [4.69, 9.17) is 11.6 Å². The molecule has 1 aromatic heterocycles. The summed E-state index contributed by atoms with van der Waals surface area (Å²) in [6.07, 6.45) is -4.40. The summed E-state index contributed by atoms with van der Waals surface area (Å²) < 4.78 is 37.8. The normalized spacial score (nSPS) is 11.9. The molecular formula is C11H9ClF3N3. The van der Waals surface area contributed by atoms with E-state index in [1.165, 1.54) is 6.07 Å². The van der Waals surface area contributed by atoms with E-state index in [0.717, 1.165) is 12.1 Å². The molecule has 0 saturated heterocycles. The number of rotatable bonds is 1. The van der Waals surface area contributed by atoms with Gasteiger partial charge < -0.3 is 4.90 Å². The van der Waals surface area contributed by atoms with E-state index in [9.17, 15) is 13.2 Å². The number of aromatic nitrogens is 2. The van der Waals surface area contributed by atoms with E-state index in [-0.39, 0.29) is 10.8 Å². The number of benzene rings is 1. The van der Waals surface area contributed by atoms with Crippen LogP contribution in [-0.4, -0.2) is 24.1 Å². The molecule has 0 fully saturated rings. The Morgan fingerprint density at radius 3 is 2.39 bits per heavy atom. The van der Waals surface area contributed by atoms with Crippen molar-refractivity contribution in [2.45, 2.75) is 6.18 Å². The van der Waals surface area contributed by atoms with Crippen LogP contribution in [0.4, 0.5) is 19.0 Å². The zero-order valence-electron chi connectivity index (χ0n) is 9.59. The molecule has 0 atom stereocenters. The number of nitrogens with zero attached hydrogens (tertiary/aromatic N) is 3. The predicted octanol–water partition coefficient (Wildman–Crippen LogP) is 3.37. The van der Waals surface area contributed by atoms with Crippen LogP contribution in [0.1, 0.15) is 5.56 Å². The van der Waals surface area contributed by atoms with Crippen LogP contribution in [0, 0.1) is 0 Å². The number of hydrogen-bond donors (Lipinski definition) is 0. The molecule has 0 aliphatic carbocycles. The first kappa shape index (κ1) is 12.9. The van der Waals surface area contributed by atoms with E-state index in [1.54, 1.807) is 19.0 Å². The van der Waals surface area contributed by atoms with Gasteiger partial charge in [-0.1, -0.05) is 0 Å². The van der Waals surface area contributed by atoms with Crippen molar-refractivity contribution in [2.75, 3.05) is 19.0 Å². The fraction of sp³-hybridized carbons (Fsp3) is 0.273. The van der Waals surface area contributed by atoms with Crippen LogP contribution in [0.3, 0.4) is 0 Å². The van der Waals surface area contributed by atoms with Crippen LogP contribution in [0.25, 0.3) is 10.9 Å². The summed E-state index contributed by atoms with van der Waals surface area (Å²) in [4.78, 5) is 9.48. The Kier molecular flexibility index (Phi) is 3.06. The van der Waals surface area contributed by atoms with Gasteiger partial charge in [-0.05, 0) is 29.8 Å². The Morgan fingerprint density at radius 1 is 1.17 bits per heavy atom. The molecule has 0 N–H and O–H groups in total. The molecule has 0 aliphatic heterocycles. The lowest BCUT2D eigenvalue weighted by atomic mass is 10.1. The maximum Gasteiger partial charge on any atom is 0.416 e. The van der Waals surface area contributed by atoms with Crippen LogP contribution in [0.15, 0.2) is 18.2 Å². The highest BCUT2D eigenvalue weighted by molar-refractivity contribution is 6.28. The second-order valence-corrected chi connectivity index (χ2v) is 4.28. The average molecular weight is 276 g/mol. The average Bonchev–Trinajstić information content (AvgIpc) is 2.25. The summed E-state index contributed by atoms with van der Waals surface area (Å²) in [5.41, 5.74) is -0.581. The number of halogens is 4. The molecule has 0 unspecified atom stereocenters. The predicted molar refractivity (Wildman–Crippen MR) is 63.9 cm³/mol. The first-order valence-corrected chi connectivity index (χ1v) is 5.38. The molecule has 2 rings (SSSR count). The first-order chi connectivity index (χ1) is 8.29. The van der Waals surface area contributed by atoms with Crippen LogP contribution in [0.2, 0.25) is 5.28 Å². The standard InChI is InChI=1S/C11H9ClF3N3/c1-18(2)9-7-4-3-6(11(13,14)15)5-8(7)16-10(12)17-9/h3-5H,1-2H3. The van der Waals surface area contributed by atoms with Gasteiger partial charge in [-0.2, -0.15) is 18.2 Å². The Bertz CT molecular complexity index is 596. The summed E-state index contributed by atoms with van der Waals surface area (Å²) in [7, 11) is 3.46. The lowest BCUT2D eigenvalue weighted by Gasteiger charge is -2.15. The van der Waals surface area contributed by atoms with Crippen LogP contribution in [-0.2, 0) is 6.18 Å². The molecule has 7 heteroatoms. The second-order valence-electron chi connectivity index (χ2n) is 3.94. The van der Waals surface area contributed by atoms with Crippen molar-refractivity contribution in [1.29, 1.82) is 0 Å². The fourth-order valence-corrected chi connectivity index (χ4v) is 1.77. The van der Waals surface area contributed by atoms with Crippen molar-refractivity contribution in [1.82, 2.24) is 9.97 Å². The summed E-state index contributed by atoms with van der Waals surface area (Å²) in [5, 5.41) is 0.447. The number of fused-ring (bicyclic) bond motifs is 1. The van der Waals surface area contributed by atoms with E-state index in [0.29, 0.717) is 11.2 Å². The highest BCUT2D eigenvalue weighted by atomic mass is 35.5. The number of anilines is 1. The number of hydrogen-bond acceptors (Lipinski definition) is 3. The van der Waals surface area contributed by atoms with E-state index < -0.39 is 11.7 Å². The molecule has 96 valence electrons. The third-order valence-corrected chi connectivity index (χ3v) is 2.57. The Hall–Kier alpha value is -1.56. The van der Waals surface area contributed by atoms with Crippen molar-refractivity contribution in [3.8, 4) is 0 Å². The Morgan fingerprint density at radius 2 is 1.83 bits per heavy atom. The minimum Gasteiger partial charge on any atom is -0.362 e. The Balaban J connectivity index is 2.72. The fourth-order valence-electron chi connectivity index (χ4n) is 1.60. The maximum atomic E-state index is 12.6. The maximum absolute atomic E-state index is 12.6. The molecule has 3 nitrogen and oxygen atoms in total. The van der Waals surface area contributed by atoms with Crippen molar-refractivity contribution in [3.05, 3.63) is 29.0 Å². The van der Waals surface area contributed by atoms with Gasteiger partial charge in [0.15, 0.2) is 0 Å². The van der Waals surface area contributed by atoms with Crippen molar-refractivity contribution in [2.24, 2.45) is 0 Å². The summed E-state index contributed by atoms with van der Waals surface area (Å²) in [5.74, 6) is 0.485. The van der Waals surface area contributed by atoms with Crippen LogP contribution in [0.5, 0.6) is 0 Å². The van der Waals surface area contributed by atoms with Gasteiger partial charge in [0.1, 0.15) is 5.82 Å². The zero-order valence-corrected chi connectivity index (χ0v) is 10.3. The molecule has 18 heavy (non-hydrogen) atoms. The first-order valence-electron chi connectivity index (χ1n) is 5.01. The van der Waals surface area contributed by atoms with Gasteiger partial charge in [0, 0.05) is 19.5 Å². The highest BCUT2D eigenvalue weighted by Gasteiger charge is 2.30. The third-order valence-electron chi connectivity index (χ3n) is 2.40. The lowest BCUT2D eigenvalue weighted by Crippen LogP contribution is -2.12. The monoisotopic (exact) mass is 275 g/mol. The third kappa shape index (κ3) is 2.33. The van der Waals surface area contributed by atoms with Gasteiger partial charge in [-0.15, -0.1) is 0 Å². The van der Waals surface area contributed by atoms with Gasteiger partial charge in [0.2, 0.25) is 5.28 Å². The molecule has 2 aromatic rings. The molecule has 0 amide bonds. The summed E-state index contributed by atoms with van der Waals surface area (Å²) in [6.45, 7) is 0. The molecule has 0 radical (unpaired) electrons. The summed E-state index contributed by atoms with van der Waals surface area (Å²) >= 11 is 5.70. The van der Waals surface area contributed by atoms with Crippen molar-refractivity contribution >= 4 is 28.3 Å². The van der Waals surface area contributed by atoms with Gasteiger partial charge in [-0.25, -0.2) is 4.98 Å². The molecule has 0 aliphatic rings. The quantitative estimate of drug-likeness (QED) is 0.747. The van der Waals surface area contributed by atoms with Gasteiger partial charge >= 0.3 is 6.18 Å². The largest absolute Gasteiger partial charge is 0.416 e. The lowest BCUT2D eigenvalue weighted by molar-refractivity contribution is -0.137. The molecule has 1 aromatic carbocycles. The van der Waals surface area contributed by atoms with Crippen LogP contribution >= 0.6 is 11.6 Å². The molecule has 0 bridgehead atoms. The van der Waals surface area contributed by atoms with Gasteiger partial charge in [0.05, 0.1) is 11.1 Å². The minimum atomic E-state index is -4.40. The second kappa shape index (κ2) is 4.28. The van der Waals surface area contributed by atoms with E-state index >= 15 is 0 Å². The van der Waals surface area contributed by atoms with Gasteiger partial charge in [0.25, 0.3) is 0 Å². The topological polar surface area (TPSA) is 29.0 Å². The van der Waals surface area contributed by atoms with Gasteiger partial charge in [-0.3, -0.25) is 0 Å². The van der Waals surface area contributed by atoms with E-state index in [1.807, 2.05) is 0 Å². The van der Waals surface area contributed by atoms with Crippen LogP contribution < -0.4 is 4.90 Å². The van der Waals surface area contributed by atoms with Crippen molar-refractivity contribution in [3.63, 3.8) is 0 Å². The smallest absolute Gasteiger partial charge is 0.362 e. The highest BCUT2D eigenvalue weighted by Crippen LogP contribution is 2.33. The van der Waals surface area contributed by atoms with E-state index in [2.05, 4.69) is 9.97 Å². The van der Waals surface area contributed by atoms with Crippen molar-refractivity contribution < 1.29 is 13.2 Å². The zero-order chi connectivity index (χ0) is 13.5. The molecule has 0 saturated carbocycles. The molecule has 1 heterocycles.